The molecule has 0 saturated carbocycles. The largest absolute Gasteiger partial charge is 0.311 e. The van der Waals surface area contributed by atoms with Gasteiger partial charge in [0, 0.05) is 23.5 Å². The SMILES string of the molecule is Cc1nc(CN(C)C)nc(C)c1C(C)CNC(C)(C)C. The van der Waals surface area contributed by atoms with Crippen LogP contribution in [0.2, 0.25) is 0 Å². The molecule has 0 amide bonds. The van der Waals surface area contributed by atoms with E-state index in [0.29, 0.717) is 5.92 Å². The Morgan fingerprint density at radius 1 is 1.10 bits per heavy atom. The highest BCUT2D eigenvalue weighted by atomic mass is 15.1. The van der Waals surface area contributed by atoms with Crippen LogP contribution in [0.3, 0.4) is 0 Å². The molecule has 0 saturated heterocycles. The van der Waals surface area contributed by atoms with Gasteiger partial charge in [-0.25, -0.2) is 9.97 Å². The second-order valence-corrected chi connectivity index (χ2v) is 6.99. The predicted octanol–water partition coefficient (Wildman–Crippen LogP) is 2.65. The topological polar surface area (TPSA) is 41.1 Å². The normalized spacial score (nSPS) is 13.8. The second kappa shape index (κ2) is 6.64. The van der Waals surface area contributed by atoms with Crippen molar-refractivity contribution in [2.75, 3.05) is 20.6 Å². The van der Waals surface area contributed by atoms with Gasteiger partial charge in [0.25, 0.3) is 0 Å². The third-order valence-corrected chi connectivity index (χ3v) is 3.26. The van der Waals surface area contributed by atoms with Gasteiger partial charge in [-0.3, -0.25) is 0 Å². The molecular formula is C16H30N4. The quantitative estimate of drug-likeness (QED) is 0.899. The lowest BCUT2D eigenvalue weighted by molar-refractivity contribution is 0.388. The lowest BCUT2D eigenvalue weighted by atomic mass is 9.96. The standard InChI is InChI=1S/C16H30N4/c1-11(9-17-16(4,5)6)15-12(2)18-14(10-20(7)8)19-13(15)3/h11,17H,9-10H2,1-8H3. The molecule has 0 aliphatic heterocycles. The average Bonchev–Trinajstić information content (AvgIpc) is 2.23. The fraction of sp³-hybridized carbons (Fsp3) is 0.750. The van der Waals surface area contributed by atoms with E-state index in [4.69, 9.17) is 0 Å². The Kier molecular flexibility index (Phi) is 5.66. The zero-order chi connectivity index (χ0) is 15.5. The molecule has 0 aromatic carbocycles. The number of hydrogen-bond donors (Lipinski definition) is 1. The van der Waals surface area contributed by atoms with Gasteiger partial charge in [0.2, 0.25) is 0 Å². The van der Waals surface area contributed by atoms with Crippen LogP contribution >= 0.6 is 0 Å². The molecule has 1 aromatic heterocycles. The Labute approximate surface area is 124 Å². The van der Waals surface area contributed by atoms with Gasteiger partial charge in [0.15, 0.2) is 0 Å². The van der Waals surface area contributed by atoms with E-state index >= 15 is 0 Å². The summed E-state index contributed by atoms with van der Waals surface area (Å²) in [6.07, 6.45) is 0. The maximum absolute atomic E-state index is 4.66. The summed E-state index contributed by atoms with van der Waals surface area (Å²) in [6.45, 7) is 14.7. The lowest BCUT2D eigenvalue weighted by Crippen LogP contribution is -2.38. The van der Waals surface area contributed by atoms with Crippen molar-refractivity contribution in [3.63, 3.8) is 0 Å². The van der Waals surface area contributed by atoms with Gasteiger partial charge in [0.05, 0.1) is 6.54 Å². The first kappa shape index (κ1) is 17.1. The number of hydrogen-bond acceptors (Lipinski definition) is 4. The molecule has 1 heterocycles. The van der Waals surface area contributed by atoms with Crippen LogP contribution in [0.15, 0.2) is 0 Å². The van der Waals surface area contributed by atoms with Crippen LogP contribution in [0.4, 0.5) is 0 Å². The van der Waals surface area contributed by atoms with Crippen molar-refractivity contribution < 1.29 is 0 Å². The van der Waals surface area contributed by atoms with E-state index in [1.54, 1.807) is 0 Å². The van der Waals surface area contributed by atoms with Gasteiger partial charge in [-0.05, 0) is 60.2 Å². The van der Waals surface area contributed by atoms with Crippen molar-refractivity contribution in [3.8, 4) is 0 Å². The van der Waals surface area contributed by atoms with Crippen LogP contribution in [-0.4, -0.2) is 41.0 Å². The first-order valence-electron chi connectivity index (χ1n) is 7.34. The molecular weight excluding hydrogens is 248 g/mol. The lowest BCUT2D eigenvalue weighted by Gasteiger charge is -2.25. The van der Waals surface area contributed by atoms with Gasteiger partial charge in [0.1, 0.15) is 5.82 Å². The molecule has 1 rings (SSSR count). The van der Waals surface area contributed by atoms with E-state index in [1.807, 2.05) is 14.1 Å². The molecule has 1 atom stereocenters. The summed E-state index contributed by atoms with van der Waals surface area (Å²) in [5.41, 5.74) is 3.64. The minimum atomic E-state index is 0.141. The number of nitrogens with zero attached hydrogens (tertiary/aromatic N) is 3. The molecule has 114 valence electrons. The van der Waals surface area contributed by atoms with Crippen molar-refractivity contribution in [1.82, 2.24) is 20.2 Å². The van der Waals surface area contributed by atoms with E-state index in [-0.39, 0.29) is 5.54 Å². The molecule has 0 radical (unpaired) electrons. The monoisotopic (exact) mass is 278 g/mol. The highest BCUT2D eigenvalue weighted by Crippen LogP contribution is 2.21. The summed E-state index contributed by atoms with van der Waals surface area (Å²) < 4.78 is 0. The van der Waals surface area contributed by atoms with Crippen molar-refractivity contribution in [2.24, 2.45) is 0 Å². The van der Waals surface area contributed by atoms with Crippen LogP contribution in [-0.2, 0) is 6.54 Å². The van der Waals surface area contributed by atoms with Crippen molar-refractivity contribution >= 4 is 0 Å². The summed E-state index contributed by atoms with van der Waals surface area (Å²) in [4.78, 5) is 11.4. The Hall–Kier alpha value is -1.00. The fourth-order valence-corrected chi connectivity index (χ4v) is 2.42. The van der Waals surface area contributed by atoms with E-state index in [1.165, 1.54) is 5.56 Å². The molecule has 0 bridgehead atoms. The molecule has 1 unspecified atom stereocenters. The summed E-state index contributed by atoms with van der Waals surface area (Å²) in [7, 11) is 4.08. The Morgan fingerprint density at radius 2 is 1.60 bits per heavy atom. The van der Waals surface area contributed by atoms with E-state index in [0.717, 1.165) is 30.3 Å². The molecule has 0 fully saturated rings. The third-order valence-electron chi connectivity index (χ3n) is 3.26. The number of aromatic nitrogens is 2. The molecule has 1 aromatic rings. The van der Waals surface area contributed by atoms with Crippen LogP contribution in [0.25, 0.3) is 0 Å². The fourth-order valence-electron chi connectivity index (χ4n) is 2.42. The van der Waals surface area contributed by atoms with Crippen molar-refractivity contribution in [3.05, 3.63) is 22.8 Å². The van der Waals surface area contributed by atoms with Gasteiger partial charge in [-0.2, -0.15) is 0 Å². The highest BCUT2D eigenvalue weighted by molar-refractivity contribution is 5.28. The Bertz CT molecular complexity index is 423. The first-order chi connectivity index (χ1) is 9.10. The van der Waals surface area contributed by atoms with Crippen molar-refractivity contribution in [2.45, 2.75) is 59.5 Å². The minimum absolute atomic E-state index is 0.141. The van der Waals surface area contributed by atoms with Crippen molar-refractivity contribution in [1.29, 1.82) is 0 Å². The zero-order valence-corrected chi connectivity index (χ0v) is 14.3. The summed E-state index contributed by atoms with van der Waals surface area (Å²) >= 11 is 0. The highest BCUT2D eigenvalue weighted by Gasteiger charge is 2.17. The number of aryl methyl sites for hydroxylation is 2. The van der Waals surface area contributed by atoms with Gasteiger partial charge in [-0.1, -0.05) is 6.92 Å². The Morgan fingerprint density at radius 3 is 2.00 bits per heavy atom. The Balaban J connectivity index is 2.90. The summed E-state index contributed by atoms with van der Waals surface area (Å²) in [6, 6.07) is 0. The van der Waals surface area contributed by atoms with E-state index in [2.05, 4.69) is 61.7 Å². The van der Waals surface area contributed by atoms with E-state index in [9.17, 15) is 0 Å². The third kappa shape index (κ3) is 5.17. The molecule has 20 heavy (non-hydrogen) atoms. The van der Waals surface area contributed by atoms with Crippen LogP contribution in [0.1, 0.15) is 56.4 Å². The summed E-state index contributed by atoms with van der Waals surface area (Å²) in [5, 5.41) is 3.56. The van der Waals surface area contributed by atoms with Gasteiger partial charge < -0.3 is 10.2 Å². The number of nitrogens with one attached hydrogen (secondary N) is 1. The first-order valence-corrected chi connectivity index (χ1v) is 7.34. The van der Waals surface area contributed by atoms with Crippen LogP contribution in [0.5, 0.6) is 0 Å². The maximum atomic E-state index is 4.66. The molecule has 0 aliphatic rings. The second-order valence-electron chi connectivity index (χ2n) is 6.99. The van der Waals surface area contributed by atoms with Gasteiger partial charge >= 0.3 is 0 Å². The molecule has 0 spiro atoms. The smallest absolute Gasteiger partial charge is 0.142 e. The number of rotatable bonds is 5. The predicted molar refractivity (Wildman–Crippen MR) is 85.1 cm³/mol. The molecule has 1 N–H and O–H groups in total. The van der Waals surface area contributed by atoms with Crippen LogP contribution < -0.4 is 5.32 Å². The molecule has 0 aliphatic carbocycles. The zero-order valence-electron chi connectivity index (χ0n) is 14.3. The maximum Gasteiger partial charge on any atom is 0.142 e. The summed E-state index contributed by atoms with van der Waals surface area (Å²) in [5.74, 6) is 1.33. The molecule has 4 nitrogen and oxygen atoms in total. The van der Waals surface area contributed by atoms with Crippen LogP contribution in [0, 0.1) is 13.8 Å². The molecule has 4 heteroatoms. The average molecular weight is 278 g/mol. The van der Waals surface area contributed by atoms with E-state index < -0.39 is 0 Å². The van der Waals surface area contributed by atoms with Gasteiger partial charge in [-0.15, -0.1) is 0 Å². The minimum Gasteiger partial charge on any atom is -0.311 e.